The quantitative estimate of drug-likeness (QED) is 0.897. The summed E-state index contributed by atoms with van der Waals surface area (Å²) in [6.45, 7) is 0.638. The number of fused-ring (bicyclic) bond motifs is 1. The van der Waals surface area contributed by atoms with E-state index >= 15 is 0 Å². The maximum atomic E-state index is 12.2. The molecule has 19 heavy (non-hydrogen) atoms. The molecule has 0 spiro atoms. The van der Waals surface area contributed by atoms with Gasteiger partial charge in [0.1, 0.15) is 0 Å². The van der Waals surface area contributed by atoms with Gasteiger partial charge >= 0.3 is 0 Å². The van der Waals surface area contributed by atoms with Crippen LogP contribution in [0.3, 0.4) is 0 Å². The maximum Gasteiger partial charge on any atom is 0.227 e. The summed E-state index contributed by atoms with van der Waals surface area (Å²) in [7, 11) is 0. The van der Waals surface area contributed by atoms with E-state index in [0.29, 0.717) is 12.5 Å². The summed E-state index contributed by atoms with van der Waals surface area (Å²) in [6, 6.07) is 2.27. The van der Waals surface area contributed by atoms with Crippen molar-refractivity contribution in [3.63, 3.8) is 0 Å². The molecule has 1 aromatic heterocycles. The molecule has 2 aliphatic carbocycles. The Balaban J connectivity index is 0.00000133. The van der Waals surface area contributed by atoms with Crippen molar-refractivity contribution < 1.29 is 4.79 Å². The monoisotopic (exact) mass is 300 g/mol. The molecule has 2 atom stereocenters. The number of nitrogens with two attached hydrogens (primary N) is 1. The number of halogens is 1. The van der Waals surface area contributed by atoms with Crippen LogP contribution in [0.2, 0.25) is 0 Å². The lowest BCUT2D eigenvalue weighted by Crippen LogP contribution is -2.41. The molecule has 3 nitrogen and oxygen atoms in total. The molecule has 2 aliphatic rings. The molecule has 1 aromatic rings. The molecule has 3 rings (SSSR count). The molecule has 5 heteroatoms. The second kappa shape index (κ2) is 6.25. The number of carbonyl (C=O) groups excluding carboxylic acids is 1. The van der Waals surface area contributed by atoms with Crippen molar-refractivity contribution in [3.05, 3.63) is 21.9 Å². The highest BCUT2D eigenvalue weighted by molar-refractivity contribution is 7.10. The molecule has 1 saturated carbocycles. The minimum absolute atomic E-state index is 0. The topological polar surface area (TPSA) is 55.1 Å². The van der Waals surface area contributed by atoms with Gasteiger partial charge in [0, 0.05) is 17.5 Å². The fraction of sp³-hybridized carbons (Fsp3) is 0.643. The normalized spacial score (nSPS) is 23.1. The average Bonchev–Trinajstić information content (AvgIpc) is 3.12. The minimum atomic E-state index is 0. The van der Waals surface area contributed by atoms with Gasteiger partial charge in [-0.15, -0.1) is 23.7 Å². The Morgan fingerprint density at radius 2 is 2.26 bits per heavy atom. The average molecular weight is 301 g/mol. The van der Waals surface area contributed by atoms with Crippen molar-refractivity contribution in [1.82, 2.24) is 5.32 Å². The van der Waals surface area contributed by atoms with Crippen LogP contribution in [0, 0.1) is 5.92 Å². The van der Waals surface area contributed by atoms with E-state index in [-0.39, 0.29) is 30.3 Å². The molecule has 1 heterocycles. The van der Waals surface area contributed by atoms with E-state index in [1.807, 2.05) is 0 Å². The summed E-state index contributed by atoms with van der Waals surface area (Å²) in [4.78, 5) is 13.6. The lowest BCUT2D eigenvalue weighted by atomic mass is 9.87. The molecule has 2 unspecified atom stereocenters. The van der Waals surface area contributed by atoms with Crippen LogP contribution >= 0.6 is 23.7 Å². The van der Waals surface area contributed by atoms with Crippen molar-refractivity contribution in [2.24, 2.45) is 11.7 Å². The Bertz CT molecular complexity index is 444. The molecule has 106 valence electrons. The number of nitrogens with one attached hydrogen (secondary N) is 1. The van der Waals surface area contributed by atoms with E-state index in [4.69, 9.17) is 5.73 Å². The van der Waals surface area contributed by atoms with Gasteiger partial charge in [0.2, 0.25) is 5.91 Å². The first-order valence-corrected chi connectivity index (χ1v) is 7.73. The Morgan fingerprint density at radius 3 is 3.00 bits per heavy atom. The Morgan fingerprint density at radius 1 is 1.47 bits per heavy atom. The van der Waals surface area contributed by atoms with Crippen molar-refractivity contribution in [1.29, 1.82) is 0 Å². The van der Waals surface area contributed by atoms with Crippen molar-refractivity contribution in [2.75, 3.05) is 6.54 Å². The fourth-order valence-electron chi connectivity index (χ4n) is 2.79. The highest BCUT2D eigenvalue weighted by Gasteiger charge is 2.30. The third-order valence-electron chi connectivity index (χ3n) is 4.11. The summed E-state index contributed by atoms with van der Waals surface area (Å²) in [5.74, 6) is 0.880. The predicted octanol–water partition coefficient (Wildman–Crippen LogP) is 2.44. The van der Waals surface area contributed by atoms with Crippen LogP contribution in [-0.2, 0) is 11.2 Å². The largest absolute Gasteiger partial charge is 0.354 e. The lowest BCUT2D eigenvalue weighted by Gasteiger charge is -2.22. The number of amides is 1. The lowest BCUT2D eigenvalue weighted by molar-refractivity contribution is -0.122. The van der Waals surface area contributed by atoms with Gasteiger partial charge < -0.3 is 11.1 Å². The second-order valence-electron chi connectivity index (χ2n) is 5.49. The third-order valence-corrected chi connectivity index (χ3v) is 5.10. The first kappa shape index (κ1) is 14.8. The van der Waals surface area contributed by atoms with Gasteiger partial charge in [-0.1, -0.05) is 0 Å². The summed E-state index contributed by atoms with van der Waals surface area (Å²) < 4.78 is 0. The minimum Gasteiger partial charge on any atom is -0.354 e. The van der Waals surface area contributed by atoms with Crippen molar-refractivity contribution >= 4 is 29.7 Å². The number of rotatable bonds is 4. The summed E-state index contributed by atoms with van der Waals surface area (Å²) in [6.07, 6.45) is 5.71. The highest BCUT2D eigenvalue weighted by atomic mass is 35.5. The van der Waals surface area contributed by atoms with E-state index < -0.39 is 0 Å². The van der Waals surface area contributed by atoms with E-state index in [1.54, 1.807) is 11.3 Å². The Kier molecular flexibility index (Phi) is 4.87. The summed E-state index contributed by atoms with van der Waals surface area (Å²) >= 11 is 1.78. The molecule has 0 bridgehead atoms. The first-order valence-electron chi connectivity index (χ1n) is 6.85. The van der Waals surface area contributed by atoms with E-state index in [9.17, 15) is 4.79 Å². The van der Waals surface area contributed by atoms with Crippen molar-refractivity contribution in [3.8, 4) is 0 Å². The molecule has 1 amide bonds. The zero-order valence-electron chi connectivity index (χ0n) is 10.9. The van der Waals surface area contributed by atoms with Crippen molar-refractivity contribution in [2.45, 2.75) is 44.1 Å². The Hall–Kier alpha value is -0.580. The van der Waals surface area contributed by atoms with Crippen LogP contribution in [0.25, 0.3) is 0 Å². The standard InChI is InChI=1S/C14H20N2OS.ClH/c15-12(9-4-5-9)8-16-14(17)11-2-1-3-13-10(11)6-7-18-13;/h6-7,9,11-12H,1-5,8,15H2,(H,16,17);1H. The number of thiophene rings is 1. The zero-order chi connectivity index (χ0) is 12.5. The summed E-state index contributed by atoms with van der Waals surface area (Å²) in [5, 5.41) is 5.15. The van der Waals surface area contributed by atoms with E-state index in [0.717, 1.165) is 19.3 Å². The molecular weight excluding hydrogens is 280 g/mol. The number of hydrogen-bond donors (Lipinski definition) is 2. The zero-order valence-corrected chi connectivity index (χ0v) is 12.6. The molecule has 1 fully saturated rings. The van der Waals surface area contributed by atoms with Crippen LogP contribution in [0.5, 0.6) is 0 Å². The van der Waals surface area contributed by atoms with E-state index in [2.05, 4.69) is 16.8 Å². The van der Waals surface area contributed by atoms with Crippen LogP contribution in [0.15, 0.2) is 11.4 Å². The second-order valence-corrected chi connectivity index (χ2v) is 6.49. The highest BCUT2D eigenvalue weighted by Crippen LogP contribution is 2.35. The maximum absolute atomic E-state index is 12.2. The number of aryl methyl sites for hydroxylation is 1. The fourth-order valence-corrected chi connectivity index (χ4v) is 3.78. The van der Waals surface area contributed by atoms with Gasteiger partial charge in [0.15, 0.2) is 0 Å². The van der Waals surface area contributed by atoms with Gasteiger partial charge in [-0.2, -0.15) is 0 Å². The van der Waals surface area contributed by atoms with Crippen LogP contribution in [-0.4, -0.2) is 18.5 Å². The number of carbonyl (C=O) groups is 1. The molecule has 0 radical (unpaired) electrons. The van der Waals surface area contributed by atoms with Crippen LogP contribution in [0.4, 0.5) is 0 Å². The van der Waals surface area contributed by atoms with Crippen LogP contribution < -0.4 is 11.1 Å². The predicted molar refractivity (Wildman–Crippen MR) is 81.0 cm³/mol. The van der Waals surface area contributed by atoms with Gasteiger partial charge in [-0.25, -0.2) is 0 Å². The molecule has 0 aromatic carbocycles. The molecule has 3 N–H and O–H groups in total. The SMILES string of the molecule is Cl.NC(CNC(=O)C1CCCc2sccc21)C1CC1. The number of hydrogen-bond acceptors (Lipinski definition) is 3. The van der Waals surface area contributed by atoms with Gasteiger partial charge in [0.05, 0.1) is 5.92 Å². The van der Waals surface area contributed by atoms with E-state index in [1.165, 1.54) is 23.3 Å². The summed E-state index contributed by atoms with van der Waals surface area (Å²) in [5.41, 5.74) is 7.27. The smallest absolute Gasteiger partial charge is 0.227 e. The van der Waals surface area contributed by atoms with Crippen LogP contribution in [0.1, 0.15) is 42.0 Å². The van der Waals surface area contributed by atoms with Gasteiger partial charge in [0.25, 0.3) is 0 Å². The molecular formula is C14H21ClN2OS. The van der Waals surface area contributed by atoms with Gasteiger partial charge in [-0.05, 0) is 55.0 Å². The third kappa shape index (κ3) is 3.30. The molecule has 0 aliphatic heterocycles. The molecule has 0 saturated heterocycles. The Labute approximate surface area is 124 Å². The van der Waals surface area contributed by atoms with Gasteiger partial charge in [-0.3, -0.25) is 4.79 Å². The first-order chi connectivity index (χ1) is 8.75.